The predicted octanol–water partition coefficient (Wildman–Crippen LogP) is 1.76. The first-order valence-electron chi connectivity index (χ1n) is 7.42. The van der Waals surface area contributed by atoms with Gasteiger partial charge in [-0.1, -0.05) is 35.5 Å². The van der Waals surface area contributed by atoms with E-state index in [0.717, 1.165) is 12.2 Å². The monoisotopic (exact) mass is 321 g/mol. The topological polar surface area (TPSA) is 108 Å². The molecule has 8 nitrogen and oxygen atoms in total. The van der Waals surface area contributed by atoms with Gasteiger partial charge in [-0.05, 0) is 5.56 Å². The van der Waals surface area contributed by atoms with Crippen molar-refractivity contribution in [1.29, 1.82) is 0 Å². The highest BCUT2D eigenvalue weighted by molar-refractivity contribution is 5.78. The highest BCUT2D eigenvalue weighted by Gasteiger charge is 2.11. The summed E-state index contributed by atoms with van der Waals surface area (Å²) in [7, 11) is 0. The van der Waals surface area contributed by atoms with Crippen molar-refractivity contribution in [1.82, 2.24) is 29.9 Å². The summed E-state index contributed by atoms with van der Waals surface area (Å²) in [4.78, 5) is 8.33. The standard InChI is InChI=1S/C16H15N7O/c17-14-6-13(15-16(19-14)21-22-20-15)24-9-12-7-18-10-23(12)8-11-4-2-1-3-5-11/h1-7,10H,8-9H2,(H3,17,19,20,21,22). The maximum atomic E-state index is 5.88. The first-order chi connectivity index (χ1) is 11.8. The molecule has 0 amide bonds. The van der Waals surface area contributed by atoms with Gasteiger partial charge in [-0.25, -0.2) is 15.1 Å². The Balaban J connectivity index is 1.54. The summed E-state index contributed by atoms with van der Waals surface area (Å²) in [6.07, 6.45) is 3.58. The van der Waals surface area contributed by atoms with Crippen LogP contribution >= 0.6 is 0 Å². The van der Waals surface area contributed by atoms with Gasteiger partial charge in [0, 0.05) is 12.6 Å². The minimum atomic E-state index is 0.345. The van der Waals surface area contributed by atoms with Gasteiger partial charge in [-0.15, -0.1) is 5.10 Å². The van der Waals surface area contributed by atoms with Crippen LogP contribution in [0.2, 0.25) is 0 Å². The Morgan fingerprint density at radius 2 is 2.08 bits per heavy atom. The van der Waals surface area contributed by atoms with Crippen LogP contribution in [0.4, 0.5) is 5.82 Å². The van der Waals surface area contributed by atoms with Crippen molar-refractivity contribution in [3.05, 3.63) is 60.2 Å². The van der Waals surface area contributed by atoms with Gasteiger partial charge >= 0.3 is 0 Å². The van der Waals surface area contributed by atoms with E-state index in [1.165, 1.54) is 5.56 Å². The van der Waals surface area contributed by atoms with Gasteiger partial charge in [0.05, 0.1) is 18.2 Å². The fourth-order valence-electron chi connectivity index (χ4n) is 2.48. The van der Waals surface area contributed by atoms with E-state index in [-0.39, 0.29) is 0 Å². The molecular weight excluding hydrogens is 306 g/mol. The number of H-pyrrole nitrogens is 1. The van der Waals surface area contributed by atoms with Crippen molar-refractivity contribution in [2.45, 2.75) is 13.2 Å². The third kappa shape index (κ3) is 2.76. The van der Waals surface area contributed by atoms with E-state index in [1.807, 2.05) is 22.8 Å². The third-order valence-electron chi connectivity index (χ3n) is 3.65. The van der Waals surface area contributed by atoms with Gasteiger partial charge in [0.15, 0.2) is 16.9 Å². The lowest BCUT2D eigenvalue weighted by atomic mass is 10.2. The number of rotatable bonds is 5. The molecule has 0 aliphatic rings. The summed E-state index contributed by atoms with van der Waals surface area (Å²) in [5, 5.41) is 10.4. The van der Waals surface area contributed by atoms with E-state index >= 15 is 0 Å². The minimum Gasteiger partial charge on any atom is -0.485 e. The molecule has 4 aromatic rings. The normalized spacial score (nSPS) is 11.0. The number of nitrogens with two attached hydrogens (primary N) is 1. The van der Waals surface area contributed by atoms with Gasteiger partial charge < -0.3 is 15.0 Å². The summed E-state index contributed by atoms with van der Waals surface area (Å²) >= 11 is 0. The number of nitrogen functional groups attached to an aromatic ring is 1. The Morgan fingerprint density at radius 1 is 1.21 bits per heavy atom. The van der Waals surface area contributed by atoms with Crippen LogP contribution < -0.4 is 10.5 Å². The summed E-state index contributed by atoms with van der Waals surface area (Å²) < 4.78 is 7.92. The van der Waals surface area contributed by atoms with Crippen LogP contribution in [0.3, 0.4) is 0 Å². The van der Waals surface area contributed by atoms with E-state index in [0.29, 0.717) is 29.3 Å². The Kier molecular flexibility index (Phi) is 3.54. The maximum Gasteiger partial charge on any atom is 0.181 e. The zero-order chi connectivity index (χ0) is 16.4. The number of benzene rings is 1. The Hall–Kier alpha value is -3.42. The van der Waals surface area contributed by atoms with Crippen molar-refractivity contribution in [3.63, 3.8) is 0 Å². The zero-order valence-corrected chi connectivity index (χ0v) is 12.8. The van der Waals surface area contributed by atoms with E-state index < -0.39 is 0 Å². The molecule has 8 heteroatoms. The largest absolute Gasteiger partial charge is 0.485 e. The van der Waals surface area contributed by atoms with Crippen molar-refractivity contribution < 1.29 is 4.74 Å². The number of nitrogens with zero attached hydrogens (tertiary/aromatic N) is 5. The van der Waals surface area contributed by atoms with E-state index in [2.05, 4.69) is 37.5 Å². The van der Waals surface area contributed by atoms with Crippen LogP contribution in [-0.2, 0) is 13.2 Å². The lowest BCUT2D eigenvalue weighted by Gasteiger charge is -2.10. The molecule has 0 saturated carbocycles. The molecule has 4 rings (SSSR count). The molecule has 3 aromatic heterocycles. The first-order valence-corrected chi connectivity index (χ1v) is 7.42. The molecule has 24 heavy (non-hydrogen) atoms. The van der Waals surface area contributed by atoms with Crippen LogP contribution in [0.25, 0.3) is 11.2 Å². The third-order valence-corrected chi connectivity index (χ3v) is 3.65. The molecule has 0 spiro atoms. The fraction of sp³-hybridized carbons (Fsp3) is 0.125. The van der Waals surface area contributed by atoms with Crippen molar-refractivity contribution >= 4 is 17.0 Å². The number of imidazole rings is 1. The van der Waals surface area contributed by atoms with Crippen molar-refractivity contribution in [2.75, 3.05) is 5.73 Å². The SMILES string of the molecule is Nc1cc(OCc2cncn2Cc2ccccc2)c2nn[nH]c2n1. The lowest BCUT2D eigenvalue weighted by Crippen LogP contribution is -2.07. The second-order valence-electron chi connectivity index (χ2n) is 5.34. The molecule has 0 bridgehead atoms. The lowest BCUT2D eigenvalue weighted by molar-refractivity contribution is 0.299. The maximum absolute atomic E-state index is 5.88. The summed E-state index contributed by atoms with van der Waals surface area (Å²) in [6, 6.07) is 11.8. The quantitative estimate of drug-likeness (QED) is 0.580. The highest BCUT2D eigenvalue weighted by Crippen LogP contribution is 2.24. The van der Waals surface area contributed by atoms with Crippen LogP contribution in [0, 0.1) is 0 Å². The zero-order valence-electron chi connectivity index (χ0n) is 12.8. The number of fused-ring (bicyclic) bond motifs is 1. The molecule has 0 atom stereocenters. The summed E-state index contributed by atoms with van der Waals surface area (Å²) in [6.45, 7) is 1.08. The summed E-state index contributed by atoms with van der Waals surface area (Å²) in [5.74, 6) is 0.889. The predicted molar refractivity (Wildman–Crippen MR) is 88.2 cm³/mol. The second kappa shape index (κ2) is 5.99. The molecule has 3 N–H and O–H groups in total. The Labute approximate surface area is 137 Å². The second-order valence-corrected chi connectivity index (χ2v) is 5.34. The minimum absolute atomic E-state index is 0.345. The molecule has 0 aliphatic carbocycles. The highest BCUT2D eigenvalue weighted by atomic mass is 16.5. The molecule has 0 aliphatic heterocycles. The van der Waals surface area contributed by atoms with Gasteiger partial charge in [0.2, 0.25) is 0 Å². The van der Waals surface area contributed by atoms with Gasteiger partial charge in [0.1, 0.15) is 12.4 Å². The van der Waals surface area contributed by atoms with Gasteiger partial charge in [-0.3, -0.25) is 0 Å². The smallest absolute Gasteiger partial charge is 0.181 e. The summed E-state index contributed by atoms with van der Waals surface area (Å²) in [5.41, 5.74) is 8.99. The van der Waals surface area contributed by atoms with Gasteiger partial charge in [0.25, 0.3) is 0 Å². The van der Waals surface area contributed by atoms with Crippen LogP contribution in [-0.4, -0.2) is 29.9 Å². The molecule has 0 unspecified atom stereocenters. The van der Waals surface area contributed by atoms with Crippen LogP contribution in [0.5, 0.6) is 5.75 Å². The van der Waals surface area contributed by atoms with Crippen LogP contribution in [0.15, 0.2) is 48.9 Å². The number of anilines is 1. The molecule has 0 fully saturated rings. The number of aromatic nitrogens is 6. The molecule has 0 radical (unpaired) electrons. The number of nitrogens with one attached hydrogen (secondary N) is 1. The number of ether oxygens (including phenoxy) is 1. The molecule has 1 aromatic carbocycles. The molecule has 0 saturated heterocycles. The van der Waals surface area contributed by atoms with E-state index in [9.17, 15) is 0 Å². The Morgan fingerprint density at radius 3 is 2.96 bits per heavy atom. The van der Waals surface area contributed by atoms with Crippen LogP contribution in [0.1, 0.15) is 11.3 Å². The number of pyridine rings is 1. The van der Waals surface area contributed by atoms with E-state index in [4.69, 9.17) is 10.5 Å². The number of hydrogen-bond acceptors (Lipinski definition) is 6. The Bertz CT molecular complexity index is 961. The molecular formula is C16H15N7O. The first kappa shape index (κ1) is 14.2. The van der Waals surface area contributed by atoms with Crippen molar-refractivity contribution in [3.8, 4) is 5.75 Å². The average molecular weight is 321 g/mol. The number of aromatic amines is 1. The molecule has 120 valence electrons. The average Bonchev–Trinajstić information content (AvgIpc) is 3.22. The van der Waals surface area contributed by atoms with Gasteiger partial charge in [-0.2, -0.15) is 0 Å². The molecule has 3 heterocycles. The van der Waals surface area contributed by atoms with E-state index in [1.54, 1.807) is 18.6 Å². The fourth-order valence-corrected chi connectivity index (χ4v) is 2.48. The number of hydrogen-bond donors (Lipinski definition) is 2. The van der Waals surface area contributed by atoms with Crippen molar-refractivity contribution in [2.24, 2.45) is 0 Å².